The third-order valence-corrected chi connectivity index (χ3v) is 4.91. The van der Waals surface area contributed by atoms with Gasteiger partial charge >= 0.3 is 0 Å². The Balaban J connectivity index is 1.73. The monoisotopic (exact) mass is 354 g/mol. The molecular formula is C19H22N4O3. The maximum Gasteiger partial charge on any atom is 0.224 e. The van der Waals surface area contributed by atoms with E-state index in [9.17, 15) is 4.79 Å². The van der Waals surface area contributed by atoms with Crippen LogP contribution in [0.2, 0.25) is 0 Å². The van der Waals surface area contributed by atoms with Crippen molar-refractivity contribution < 1.29 is 9.15 Å². The number of ether oxygens (including phenoxy) is 1. The molecule has 0 spiro atoms. The molecule has 3 aromatic rings. The van der Waals surface area contributed by atoms with Gasteiger partial charge in [-0.3, -0.25) is 4.79 Å². The molecule has 0 radical (unpaired) electrons. The van der Waals surface area contributed by atoms with Gasteiger partial charge in [-0.25, -0.2) is 9.67 Å². The Morgan fingerprint density at radius 1 is 1.35 bits per heavy atom. The molecule has 0 bridgehead atoms. The molecule has 0 amide bonds. The lowest BCUT2D eigenvalue weighted by atomic mass is 9.89. The molecule has 0 atom stereocenters. The summed E-state index contributed by atoms with van der Waals surface area (Å²) in [5.74, 6) is 2.64. The van der Waals surface area contributed by atoms with E-state index in [1.165, 1.54) is 45.3 Å². The SMILES string of the molecule is COc1c[nH]c(-c2nc(-c3ccco3)nn2CC2CCCCC2)cc1=O. The van der Waals surface area contributed by atoms with E-state index < -0.39 is 0 Å². The van der Waals surface area contributed by atoms with Crippen molar-refractivity contribution in [3.05, 3.63) is 40.9 Å². The fourth-order valence-electron chi connectivity index (χ4n) is 3.54. The highest BCUT2D eigenvalue weighted by Crippen LogP contribution is 2.28. The van der Waals surface area contributed by atoms with Gasteiger partial charge < -0.3 is 14.1 Å². The summed E-state index contributed by atoms with van der Waals surface area (Å²) in [6.45, 7) is 0.789. The summed E-state index contributed by atoms with van der Waals surface area (Å²) in [7, 11) is 1.48. The van der Waals surface area contributed by atoms with Crippen molar-refractivity contribution in [3.8, 4) is 28.9 Å². The fraction of sp³-hybridized carbons (Fsp3) is 0.421. The smallest absolute Gasteiger partial charge is 0.224 e. The van der Waals surface area contributed by atoms with Crippen molar-refractivity contribution in [1.82, 2.24) is 19.7 Å². The largest absolute Gasteiger partial charge is 0.491 e. The lowest BCUT2D eigenvalue weighted by Crippen LogP contribution is -2.16. The Hall–Kier alpha value is -2.83. The van der Waals surface area contributed by atoms with Crippen LogP contribution in [0.25, 0.3) is 23.1 Å². The lowest BCUT2D eigenvalue weighted by Gasteiger charge is -2.21. The highest BCUT2D eigenvalue weighted by Gasteiger charge is 2.21. The topological polar surface area (TPSA) is 85.9 Å². The molecule has 7 heteroatoms. The number of methoxy groups -OCH3 is 1. The Morgan fingerprint density at radius 3 is 2.88 bits per heavy atom. The zero-order valence-corrected chi connectivity index (χ0v) is 14.8. The first-order chi connectivity index (χ1) is 12.7. The van der Waals surface area contributed by atoms with Gasteiger partial charge in [0.25, 0.3) is 0 Å². The van der Waals surface area contributed by atoms with Gasteiger partial charge in [0.2, 0.25) is 11.3 Å². The molecule has 1 aliphatic rings. The maximum atomic E-state index is 12.2. The van der Waals surface area contributed by atoms with Crippen LogP contribution in [0.4, 0.5) is 0 Å². The fourth-order valence-corrected chi connectivity index (χ4v) is 3.54. The van der Waals surface area contributed by atoms with Gasteiger partial charge in [-0.15, -0.1) is 5.10 Å². The van der Waals surface area contributed by atoms with Crippen molar-refractivity contribution in [2.45, 2.75) is 38.6 Å². The van der Waals surface area contributed by atoms with Crippen molar-refractivity contribution in [2.75, 3.05) is 7.11 Å². The van der Waals surface area contributed by atoms with Crippen molar-refractivity contribution in [3.63, 3.8) is 0 Å². The summed E-state index contributed by atoms with van der Waals surface area (Å²) in [6, 6.07) is 5.15. The zero-order chi connectivity index (χ0) is 17.9. The molecule has 0 unspecified atom stereocenters. The number of rotatable bonds is 5. The van der Waals surface area contributed by atoms with Crippen LogP contribution in [0.3, 0.4) is 0 Å². The molecule has 4 rings (SSSR count). The molecule has 0 aliphatic heterocycles. The number of nitrogens with zero attached hydrogens (tertiary/aromatic N) is 3. The highest BCUT2D eigenvalue weighted by molar-refractivity contribution is 5.56. The van der Waals surface area contributed by atoms with E-state index in [0.717, 1.165) is 6.54 Å². The van der Waals surface area contributed by atoms with Crippen LogP contribution in [-0.4, -0.2) is 26.9 Å². The van der Waals surface area contributed by atoms with E-state index in [0.29, 0.717) is 29.0 Å². The van der Waals surface area contributed by atoms with Crippen LogP contribution in [0.5, 0.6) is 5.75 Å². The molecule has 3 aromatic heterocycles. The summed E-state index contributed by atoms with van der Waals surface area (Å²) in [4.78, 5) is 19.9. The van der Waals surface area contributed by atoms with Crippen LogP contribution < -0.4 is 10.2 Å². The molecule has 1 fully saturated rings. The second kappa shape index (κ2) is 7.19. The molecule has 26 heavy (non-hydrogen) atoms. The van der Waals surface area contributed by atoms with Crippen LogP contribution in [0.1, 0.15) is 32.1 Å². The van der Waals surface area contributed by atoms with Gasteiger partial charge in [0.15, 0.2) is 17.3 Å². The summed E-state index contributed by atoms with van der Waals surface area (Å²) >= 11 is 0. The van der Waals surface area contributed by atoms with Crippen LogP contribution >= 0.6 is 0 Å². The van der Waals surface area contributed by atoms with Crippen LogP contribution in [-0.2, 0) is 6.54 Å². The molecule has 1 aliphatic carbocycles. The minimum atomic E-state index is -0.187. The Kier molecular flexibility index (Phi) is 4.60. The van der Waals surface area contributed by atoms with Gasteiger partial charge in [0, 0.05) is 18.8 Å². The second-order valence-electron chi connectivity index (χ2n) is 6.70. The minimum Gasteiger partial charge on any atom is -0.491 e. The number of aromatic amines is 1. The summed E-state index contributed by atoms with van der Waals surface area (Å²) in [5.41, 5.74) is 0.435. The van der Waals surface area contributed by atoms with E-state index in [1.807, 2.05) is 16.8 Å². The highest BCUT2D eigenvalue weighted by atomic mass is 16.5. The van der Waals surface area contributed by atoms with Crippen LogP contribution in [0.15, 0.2) is 39.9 Å². The molecule has 1 saturated carbocycles. The lowest BCUT2D eigenvalue weighted by molar-refractivity contribution is 0.309. The molecule has 1 N–H and O–H groups in total. The third-order valence-electron chi connectivity index (χ3n) is 4.91. The Labute approximate surface area is 151 Å². The standard InChI is InChI=1S/C19H22N4O3/c1-25-17-11-20-14(10-15(17)24)19-21-18(16-8-5-9-26-16)22-23(19)12-13-6-3-2-4-7-13/h5,8-11,13H,2-4,6-7,12H2,1H3,(H,20,24). The van der Waals surface area contributed by atoms with Gasteiger partial charge in [0.1, 0.15) is 0 Å². The average Bonchev–Trinajstić information content (AvgIpc) is 3.32. The molecule has 3 heterocycles. The first-order valence-corrected chi connectivity index (χ1v) is 9.00. The third kappa shape index (κ3) is 3.29. The van der Waals surface area contributed by atoms with E-state index >= 15 is 0 Å². The number of aromatic nitrogens is 4. The number of nitrogens with one attached hydrogen (secondary N) is 1. The van der Waals surface area contributed by atoms with E-state index in [-0.39, 0.29) is 11.2 Å². The predicted molar refractivity (Wildman–Crippen MR) is 96.9 cm³/mol. The molecular weight excluding hydrogens is 332 g/mol. The zero-order valence-electron chi connectivity index (χ0n) is 14.8. The summed E-state index contributed by atoms with van der Waals surface area (Å²) < 4.78 is 12.4. The summed E-state index contributed by atoms with van der Waals surface area (Å²) in [5, 5.41) is 4.65. The van der Waals surface area contributed by atoms with E-state index in [1.54, 1.807) is 12.5 Å². The Morgan fingerprint density at radius 2 is 2.19 bits per heavy atom. The van der Waals surface area contributed by atoms with Crippen LogP contribution in [0, 0.1) is 5.92 Å². The second-order valence-corrected chi connectivity index (χ2v) is 6.70. The van der Waals surface area contributed by atoms with Gasteiger partial charge in [-0.1, -0.05) is 19.3 Å². The predicted octanol–water partition coefficient (Wildman–Crippen LogP) is 3.48. The number of furan rings is 1. The molecule has 0 saturated heterocycles. The maximum absolute atomic E-state index is 12.2. The quantitative estimate of drug-likeness (QED) is 0.758. The van der Waals surface area contributed by atoms with Crippen molar-refractivity contribution in [2.24, 2.45) is 5.92 Å². The minimum absolute atomic E-state index is 0.187. The molecule has 7 nitrogen and oxygen atoms in total. The number of hydrogen-bond acceptors (Lipinski definition) is 5. The van der Waals surface area contributed by atoms with E-state index in [2.05, 4.69) is 15.1 Å². The van der Waals surface area contributed by atoms with Gasteiger partial charge in [-0.05, 0) is 30.9 Å². The van der Waals surface area contributed by atoms with Crippen molar-refractivity contribution >= 4 is 0 Å². The number of H-pyrrole nitrogens is 1. The first-order valence-electron chi connectivity index (χ1n) is 9.00. The summed E-state index contributed by atoms with van der Waals surface area (Å²) in [6.07, 6.45) is 9.40. The first kappa shape index (κ1) is 16.6. The number of pyridine rings is 1. The average molecular weight is 354 g/mol. The van der Waals surface area contributed by atoms with Crippen molar-refractivity contribution in [1.29, 1.82) is 0 Å². The Bertz CT molecular complexity index is 921. The molecule has 136 valence electrons. The molecule has 0 aromatic carbocycles. The van der Waals surface area contributed by atoms with Gasteiger partial charge in [-0.2, -0.15) is 0 Å². The van der Waals surface area contributed by atoms with E-state index in [4.69, 9.17) is 9.15 Å². The normalized spacial score (nSPS) is 15.3. The number of hydrogen-bond donors (Lipinski definition) is 1. The van der Waals surface area contributed by atoms with Gasteiger partial charge in [0.05, 0.1) is 19.1 Å².